The Hall–Kier alpha value is -1.62. The van der Waals surface area contributed by atoms with Crippen LogP contribution in [-0.2, 0) is 6.54 Å². The van der Waals surface area contributed by atoms with Crippen LogP contribution in [0, 0.1) is 5.92 Å². The molecule has 5 nitrogen and oxygen atoms in total. The summed E-state index contributed by atoms with van der Waals surface area (Å²) in [7, 11) is 0. The normalized spacial score (nSPS) is 24.4. The summed E-state index contributed by atoms with van der Waals surface area (Å²) in [6.07, 6.45) is 5.49. The Kier molecular flexibility index (Phi) is 4.15. The summed E-state index contributed by atoms with van der Waals surface area (Å²) in [6.45, 7) is 3.09. The maximum atomic E-state index is 8.62. The summed E-state index contributed by atoms with van der Waals surface area (Å²) in [4.78, 5) is 4.06. The van der Waals surface area contributed by atoms with Gasteiger partial charge in [0.15, 0.2) is 5.84 Å². The van der Waals surface area contributed by atoms with Crippen molar-refractivity contribution in [3.8, 4) is 0 Å². The van der Waals surface area contributed by atoms with Crippen LogP contribution >= 0.6 is 0 Å². The Balaban J connectivity index is 1.93. The van der Waals surface area contributed by atoms with E-state index in [0.717, 1.165) is 18.0 Å². The lowest BCUT2D eigenvalue weighted by Crippen LogP contribution is -2.26. The molecule has 2 atom stereocenters. The van der Waals surface area contributed by atoms with Gasteiger partial charge in [-0.3, -0.25) is 4.98 Å². The second-order valence-electron chi connectivity index (χ2n) is 5.03. The van der Waals surface area contributed by atoms with Crippen molar-refractivity contribution >= 4 is 5.84 Å². The Labute approximate surface area is 107 Å². The zero-order chi connectivity index (χ0) is 13.0. The minimum atomic E-state index is 0.0475. The first-order valence-electron chi connectivity index (χ1n) is 6.35. The van der Waals surface area contributed by atoms with Crippen molar-refractivity contribution in [3.05, 3.63) is 29.6 Å². The van der Waals surface area contributed by atoms with Crippen LogP contribution in [0.15, 0.2) is 23.5 Å². The second kappa shape index (κ2) is 5.82. The molecule has 1 aromatic rings. The van der Waals surface area contributed by atoms with Crippen molar-refractivity contribution in [2.24, 2.45) is 16.8 Å². The van der Waals surface area contributed by atoms with Crippen molar-refractivity contribution in [1.82, 2.24) is 10.3 Å². The lowest BCUT2D eigenvalue weighted by molar-refractivity contribution is 0.318. The highest BCUT2D eigenvalue weighted by atomic mass is 16.4. The summed E-state index contributed by atoms with van der Waals surface area (Å²) in [5.41, 5.74) is 7.13. The van der Waals surface area contributed by atoms with E-state index in [-0.39, 0.29) is 5.84 Å². The molecule has 0 radical (unpaired) electrons. The molecule has 2 rings (SSSR count). The third-order valence-electron chi connectivity index (χ3n) is 3.48. The van der Waals surface area contributed by atoms with Gasteiger partial charge in [-0.15, -0.1) is 0 Å². The second-order valence-corrected chi connectivity index (χ2v) is 5.03. The largest absolute Gasteiger partial charge is 0.409 e. The number of oxime groups is 1. The predicted octanol–water partition coefficient (Wildman–Crippen LogP) is 1.45. The monoisotopic (exact) mass is 248 g/mol. The molecule has 1 aromatic heterocycles. The minimum absolute atomic E-state index is 0.0475. The zero-order valence-electron chi connectivity index (χ0n) is 10.6. The molecule has 0 aromatic carbocycles. The highest BCUT2D eigenvalue weighted by Crippen LogP contribution is 2.24. The molecule has 0 bridgehead atoms. The van der Waals surface area contributed by atoms with E-state index in [9.17, 15) is 0 Å². The maximum absolute atomic E-state index is 8.62. The molecule has 1 aliphatic rings. The van der Waals surface area contributed by atoms with Gasteiger partial charge < -0.3 is 16.3 Å². The van der Waals surface area contributed by atoms with Crippen LogP contribution in [0.1, 0.15) is 37.4 Å². The van der Waals surface area contributed by atoms with E-state index < -0.39 is 0 Å². The van der Waals surface area contributed by atoms with Gasteiger partial charge >= 0.3 is 0 Å². The van der Waals surface area contributed by atoms with Crippen molar-refractivity contribution in [3.63, 3.8) is 0 Å². The number of amidine groups is 1. The Morgan fingerprint density at radius 3 is 3.11 bits per heavy atom. The van der Waals surface area contributed by atoms with Gasteiger partial charge in [-0.1, -0.05) is 12.1 Å². The average Bonchev–Trinajstić information content (AvgIpc) is 2.81. The van der Waals surface area contributed by atoms with Crippen LogP contribution < -0.4 is 11.1 Å². The fourth-order valence-corrected chi connectivity index (χ4v) is 2.43. The molecule has 98 valence electrons. The highest BCUT2D eigenvalue weighted by Gasteiger charge is 2.20. The molecular weight excluding hydrogens is 228 g/mol. The van der Waals surface area contributed by atoms with Gasteiger partial charge in [0.05, 0.1) is 0 Å². The van der Waals surface area contributed by atoms with Gasteiger partial charge in [-0.05, 0) is 42.9 Å². The fourth-order valence-electron chi connectivity index (χ4n) is 2.43. The highest BCUT2D eigenvalue weighted by molar-refractivity contribution is 5.95. The van der Waals surface area contributed by atoms with Crippen molar-refractivity contribution < 1.29 is 5.21 Å². The predicted molar refractivity (Wildman–Crippen MR) is 70.4 cm³/mol. The minimum Gasteiger partial charge on any atom is -0.409 e. The summed E-state index contributed by atoms with van der Waals surface area (Å²) < 4.78 is 0. The number of aromatic nitrogens is 1. The molecule has 1 aliphatic carbocycles. The quantitative estimate of drug-likeness (QED) is 0.326. The SMILES string of the molecule is CC1CCC(NCc2ccnc(/C(N)=N/O)c2)C1. The molecular formula is C13H20N4O. The lowest BCUT2D eigenvalue weighted by atomic mass is 10.1. The summed E-state index contributed by atoms with van der Waals surface area (Å²) in [5, 5.41) is 15.1. The van der Waals surface area contributed by atoms with Gasteiger partial charge in [-0.2, -0.15) is 0 Å². The number of hydrogen-bond donors (Lipinski definition) is 3. The first kappa shape index (κ1) is 12.8. The van der Waals surface area contributed by atoms with Crippen molar-refractivity contribution in [1.29, 1.82) is 0 Å². The summed E-state index contributed by atoms with van der Waals surface area (Å²) in [6, 6.07) is 4.40. The van der Waals surface area contributed by atoms with Gasteiger partial charge in [0.25, 0.3) is 0 Å². The van der Waals surface area contributed by atoms with Crippen LogP contribution in [0.25, 0.3) is 0 Å². The van der Waals surface area contributed by atoms with Gasteiger partial charge in [0.1, 0.15) is 5.69 Å². The topological polar surface area (TPSA) is 83.5 Å². The molecule has 1 saturated carbocycles. The van der Waals surface area contributed by atoms with E-state index in [4.69, 9.17) is 10.9 Å². The van der Waals surface area contributed by atoms with E-state index in [2.05, 4.69) is 22.4 Å². The molecule has 18 heavy (non-hydrogen) atoms. The van der Waals surface area contributed by atoms with Crippen LogP contribution in [0.3, 0.4) is 0 Å². The third kappa shape index (κ3) is 3.20. The number of rotatable bonds is 4. The molecule has 5 heteroatoms. The van der Waals surface area contributed by atoms with Crippen LogP contribution in [-0.4, -0.2) is 22.1 Å². The first-order valence-corrected chi connectivity index (χ1v) is 6.35. The molecule has 1 fully saturated rings. The first-order chi connectivity index (χ1) is 8.69. The van der Waals surface area contributed by atoms with E-state index in [1.807, 2.05) is 12.1 Å². The smallest absolute Gasteiger partial charge is 0.188 e. The van der Waals surface area contributed by atoms with Gasteiger partial charge in [0, 0.05) is 18.8 Å². The number of nitrogens with zero attached hydrogens (tertiary/aromatic N) is 2. The zero-order valence-corrected chi connectivity index (χ0v) is 10.6. The molecule has 4 N–H and O–H groups in total. The molecule has 0 spiro atoms. The number of nitrogens with two attached hydrogens (primary N) is 1. The van der Waals surface area contributed by atoms with E-state index in [0.29, 0.717) is 11.7 Å². The summed E-state index contributed by atoms with van der Waals surface area (Å²) in [5.74, 6) is 0.874. The number of nitrogens with one attached hydrogen (secondary N) is 1. The average molecular weight is 248 g/mol. The van der Waals surface area contributed by atoms with Crippen LogP contribution in [0.4, 0.5) is 0 Å². The van der Waals surface area contributed by atoms with Crippen molar-refractivity contribution in [2.45, 2.75) is 38.8 Å². The molecule has 0 aliphatic heterocycles. The van der Waals surface area contributed by atoms with E-state index in [1.165, 1.54) is 19.3 Å². The molecule has 1 heterocycles. The van der Waals surface area contributed by atoms with E-state index in [1.54, 1.807) is 6.20 Å². The van der Waals surface area contributed by atoms with Crippen LogP contribution in [0.2, 0.25) is 0 Å². The van der Waals surface area contributed by atoms with Crippen molar-refractivity contribution in [2.75, 3.05) is 0 Å². The standard InChI is InChI=1S/C13H20N4O/c1-9-2-3-11(6-9)16-8-10-4-5-15-12(7-10)13(14)17-18/h4-5,7,9,11,16,18H,2-3,6,8H2,1H3,(H2,14,17). The Bertz CT molecular complexity index is 433. The van der Waals surface area contributed by atoms with Crippen LogP contribution in [0.5, 0.6) is 0 Å². The Morgan fingerprint density at radius 2 is 2.44 bits per heavy atom. The van der Waals surface area contributed by atoms with Gasteiger partial charge in [-0.25, -0.2) is 0 Å². The number of hydrogen-bond acceptors (Lipinski definition) is 4. The summed E-state index contributed by atoms with van der Waals surface area (Å²) >= 11 is 0. The van der Waals surface area contributed by atoms with E-state index >= 15 is 0 Å². The van der Waals surface area contributed by atoms with Gasteiger partial charge in [0.2, 0.25) is 0 Å². The Morgan fingerprint density at radius 1 is 1.61 bits per heavy atom. The molecule has 0 saturated heterocycles. The third-order valence-corrected chi connectivity index (χ3v) is 3.48. The molecule has 0 amide bonds. The number of pyridine rings is 1. The lowest BCUT2D eigenvalue weighted by Gasteiger charge is -2.12. The maximum Gasteiger partial charge on any atom is 0.188 e. The molecule has 2 unspecified atom stereocenters. The fraction of sp³-hybridized carbons (Fsp3) is 0.538.